The fourth-order valence-corrected chi connectivity index (χ4v) is 3.27. The van der Waals surface area contributed by atoms with Gasteiger partial charge in [0, 0.05) is 11.4 Å². The SMILES string of the molecule is Cc1cc(C)cc(NC(=O)CN2C(=O)COc3ccc(NC(=O)OC(C)(C)C)cc32)c1. The second kappa shape index (κ2) is 8.67. The van der Waals surface area contributed by atoms with E-state index in [2.05, 4.69) is 10.6 Å². The number of nitrogens with one attached hydrogen (secondary N) is 2. The van der Waals surface area contributed by atoms with E-state index >= 15 is 0 Å². The fourth-order valence-electron chi connectivity index (χ4n) is 3.27. The lowest BCUT2D eigenvalue weighted by Crippen LogP contribution is -2.43. The molecule has 2 N–H and O–H groups in total. The number of hydrogen-bond donors (Lipinski definition) is 2. The molecule has 31 heavy (non-hydrogen) atoms. The molecule has 3 amide bonds. The second-order valence-electron chi connectivity index (χ2n) is 8.50. The molecule has 0 atom stereocenters. The molecule has 164 valence electrons. The number of nitrogens with zero attached hydrogens (tertiary/aromatic N) is 1. The Bertz CT molecular complexity index is 1010. The second-order valence-corrected chi connectivity index (χ2v) is 8.50. The predicted octanol–water partition coefficient (Wildman–Crippen LogP) is 4.01. The molecule has 0 bridgehead atoms. The number of fused-ring (bicyclic) bond motifs is 1. The van der Waals surface area contributed by atoms with Crippen molar-refractivity contribution in [2.45, 2.75) is 40.2 Å². The Morgan fingerprint density at radius 1 is 1.03 bits per heavy atom. The highest BCUT2D eigenvalue weighted by Gasteiger charge is 2.28. The summed E-state index contributed by atoms with van der Waals surface area (Å²) in [5, 5.41) is 5.47. The molecule has 2 aromatic carbocycles. The highest BCUT2D eigenvalue weighted by molar-refractivity contribution is 6.05. The number of carbonyl (C=O) groups is 3. The standard InChI is InChI=1S/C23H27N3O5/c1-14-8-15(2)10-17(9-14)24-20(27)12-26-18-11-16(25-22(29)31-23(3,4)5)6-7-19(18)30-13-21(26)28/h6-11H,12-13H2,1-5H3,(H,24,27)(H,25,29). The average molecular weight is 425 g/mol. The van der Waals surface area contributed by atoms with Crippen molar-refractivity contribution in [1.29, 1.82) is 0 Å². The summed E-state index contributed by atoms with van der Waals surface area (Å²) in [6, 6.07) is 10.6. The van der Waals surface area contributed by atoms with E-state index in [0.29, 0.717) is 22.8 Å². The molecule has 0 radical (unpaired) electrons. The van der Waals surface area contributed by atoms with Crippen molar-refractivity contribution < 1.29 is 23.9 Å². The molecule has 2 aromatic rings. The lowest BCUT2D eigenvalue weighted by atomic mass is 10.1. The van der Waals surface area contributed by atoms with Crippen LogP contribution in [0.15, 0.2) is 36.4 Å². The first-order valence-electron chi connectivity index (χ1n) is 9.95. The van der Waals surface area contributed by atoms with Gasteiger partial charge in [0.15, 0.2) is 6.61 Å². The number of amides is 3. The van der Waals surface area contributed by atoms with Gasteiger partial charge in [-0.1, -0.05) is 6.07 Å². The topological polar surface area (TPSA) is 97.0 Å². The minimum absolute atomic E-state index is 0.164. The smallest absolute Gasteiger partial charge is 0.412 e. The number of carbonyl (C=O) groups excluding carboxylic acids is 3. The molecule has 3 rings (SSSR count). The van der Waals surface area contributed by atoms with Gasteiger partial charge in [-0.3, -0.25) is 19.8 Å². The van der Waals surface area contributed by atoms with Crippen LogP contribution in [0.3, 0.4) is 0 Å². The zero-order chi connectivity index (χ0) is 22.8. The van der Waals surface area contributed by atoms with Gasteiger partial charge in [-0.15, -0.1) is 0 Å². The minimum Gasteiger partial charge on any atom is -0.482 e. The molecule has 0 fully saturated rings. The van der Waals surface area contributed by atoms with Crippen LogP contribution in [0.25, 0.3) is 0 Å². The minimum atomic E-state index is -0.643. The molecule has 0 aromatic heterocycles. The zero-order valence-electron chi connectivity index (χ0n) is 18.4. The predicted molar refractivity (Wildman–Crippen MR) is 119 cm³/mol. The van der Waals surface area contributed by atoms with E-state index in [1.165, 1.54) is 4.90 Å². The van der Waals surface area contributed by atoms with Crippen LogP contribution in [-0.2, 0) is 14.3 Å². The van der Waals surface area contributed by atoms with Crippen molar-refractivity contribution in [3.63, 3.8) is 0 Å². The number of rotatable bonds is 4. The Balaban J connectivity index is 1.77. The number of benzene rings is 2. The third kappa shape index (κ3) is 5.97. The van der Waals surface area contributed by atoms with Gasteiger partial charge >= 0.3 is 6.09 Å². The van der Waals surface area contributed by atoms with Crippen LogP contribution >= 0.6 is 0 Å². The number of aryl methyl sites for hydroxylation is 2. The lowest BCUT2D eigenvalue weighted by molar-refractivity contribution is -0.123. The highest BCUT2D eigenvalue weighted by Crippen LogP contribution is 2.34. The zero-order valence-corrected chi connectivity index (χ0v) is 18.4. The molecule has 0 spiro atoms. The van der Waals surface area contributed by atoms with Gasteiger partial charge < -0.3 is 14.8 Å². The van der Waals surface area contributed by atoms with Gasteiger partial charge in [0.05, 0.1) is 5.69 Å². The quantitative estimate of drug-likeness (QED) is 0.771. The Hall–Kier alpha value is -3.55. The van der Waals surface area contributed by atoms with E-state index in [1.54, 1.807) is 39.0 Å². The maximum absolute atomic E-state index is 12.6. The molecule has 0 aliphatic carbocycles. The van der Waals surface area contributed by atoms with Gasteiger partial charge in [-0.2, -0.15) is 0 Å². The van der Waals surface area contributed by atoms with Crippen molar-refractivity contribution in [2.24, 2.45) is 0 Å². The lowest BCUT2D eigenvalue weighted by Gasteiger charge is -2.29. The van der Waals surface area contributed by atoms with E-state index in [4.69, 9.17) is 9.47 Å². The van der Waals surface area contributed by atoms with Gasteiger partial charge in [-0.05, 0) is 76.1 Å². The Morgan fingerprint density at radius 2 is 1.71 bits per heavy atom. The van der Waals surface area contributed by atoms with E-state index in [9.17, 15) is 14.4 Å². The van der Waals surface area contributed by atoms with Gasteiger partial charge in [-0.25, -0.2) is 4.79 Å². The third-order valence-corrected chi connectivity index (χ3v) is 4.35. The average Bonchev–Trinajstić information content (AvgIpc) is 2.61. The van der Waals surface area contributed by atoms with Gasteiger partial charge in [0.2, 0.25) is 5.91 Å². The van der Waals surface area contributed by atoms with Gasteiger partial charge in [0.1, 0.15) is 17.9 Å². The number of ether oxygens (including phenoxy) is 2. The molecule has 1 aliphatic heterocycles. The fraction of sp³-hybridized carbons (Fsp3) is 0.348. The summed E-state index contributed by atoms with van der Waals surface area (Å²) < 4.78 is 10.7. The first-order valence-corrected chi connectivity index (χ1v) is 9.95. The van der Waals surface area contributed by atoms with Crippen molar-refractivity contribution in [3.05, 3.63) is 47.5 Å². The summed E-state index contributed by atoms with van der Waals surface area (Å²) in [7, 11) is 0. The first-order chi connectivity index (χ1) is 14.5. The molecule has 0 saturated carbocycles. The molecule has 8 nitrogen and oxygen atoms in total. The summed E-state index contributed by atoms with van der Waals surface area (Å²) in [5.41, 5.74) is 2.91. The summed E-state index contributed by atoms with van der Waals surface area (Å²) in [4.78, 5) is 38.5. The highest BCUT2D eigenvalue weighted by atomic mass is 16.6. The molecule has 0 saturated heterocycles. The van der Waals surface area contributed by atoms with Crippen LogP contribution in [0.4, 0.5) is 21.9 Å². The maximum Gasteiger partial charge on any atom is 0.412 e. The van der Waals surface area contributed by atoms with Crippen LogP contribution in [0.2, 0.25) is 0 Å². The molecule has 1 aliphatic rings. The van der Waals surface area contributed by atoms with Crippen molar-refractivity contribution in [3.8, 4) is 5.75 Å². The van der Waals surface area contributed by atoms with E-state index < -0.39 is 11.7 Å². The van der Waals surface area contributed by atoms with E-state index in [0.717, 1.165) is 11.1 Å². The molecule has 1 heterocycles. The van der Waals surface area contributed by atoms with E-state index in [-0.39, 0.29) is 25.0 Å². The van der Waals surface area contributed by atoms with Gasteiger partial charge in [0.25, 0.3) is 5.91 Å². The summed E-state index contributed by atoms with van der Waals surface area (Å²) in [6.07, 6.45) is -0.616. The van der Waals surface area contributed by atoms with Crippen LogP contribution in [0.1, 0.15) is 31.9 Å². The third-order valence-electron chi connectivity index (χ3n) is 4.35. The normalized spacial score (nSPS) is 13.2. The van der Waals surface area contributed by atoms with Crippen LogP contribution in [0, 0.1) is 13.8 Å². The monoisotopic (exact) mass is 425 g/mol. The maximum atomic E-state index is 12.6. The number of hydrogen-bond acceptors (Lipinski definition) is 5. The Labute approximate surface area is 181 Å². The number of anilines is 3. The van der Waals surface area contributed by atoms with Crippen molar-refractivity contribution in [1.82, 2.24) is 0 Å². The van der Waals surface area contributed by atoms with Crippen LogP contribution in [-0.4, -0.2) is 36.7 Å². The van der Waals surface area contributed by atoms with Crippen LogP contribution < -0.4 is 20.3 Å². The first kappa shape index (κ1) is 22.1. The molecule has 0 unspecified atom stereocenters. The Kier molecular flexibility index (Phi) is 6.19. The van der Waals surface area contributed by atoms with Crippen LogP contribution in [0.5, 0.6) is 5.75 Å². The largest absolute Gasteiger partial charge is 0.482 e. The summed E-state index contributed by atoms with van der Waals surface area (Å²) in [6.45, 7) is 8.85. The molecular formula is C23H27N3O5. The van der Waals surface area contributed by atoms with Crippen molar-refractivity contribution >= 4 is 35.0 Å². The Morgan fingerprint density at radius 3 is 2.35 bits per heavy atom. The molecule has 8 heteroatoms. The van der Waals surface area contributed by atoms with E-state index in [1.807, 2.05) is 32.0 Å². The summed E-state index contributed by atoms with van der Waals surface area (Å²) in [5.74, 6) is -0.234. The van der Waals surface area contributed by atoms with Crippen molar-refractivity contribution in [2.75, 3.05) is 28.7 Å². The molecular weight excluding hydrogens is 398 g/mol. The summed E-state index contributed by atoms with van der Waals surface area (Å²) >= 11 is 0.